The van der Waals surface area contributed by atoms with Gasteiger partial charge in [0.25, 0.3) is 0 Å². The highest BCUT2D eigenvalue weighted by molar-refractivity contribution is 9.12. The molecule has 0 radical (unpaired) electrons. The van der Waals surface area contributed by atoms with E-state index < -0.39 is 0 Å². The van der Waals surface area contributed by atoms with Crippen molar-refractivity contribution in [2.24, 2.45) is 0 Å². The molecule has 0 spiro atoms. The first-order valence-corrected chi connectivity index (χ1v) is 7.11. The quantitative estimate of drug-likeness (QED) is 0.422. The maximum atomic E-state index is 11.7. The lowest BCUT2D eigenvalue weighted by atomic mass is 10.2. The second kappa shape index (κ2) is 6.69. The van der Waals surface area contributed by atoms with E-state index in [2.05, 4.69) is 38.4 Å². The van der Waals surface area contributed by atoms with Gasteiger partial charge in [0.05, 0.1) is 14.2 Å². The molecule has 0 amide bonds. The zero-order valence-electron chi connectivity index (χ0n) is 8.89. The van der Waals surface area contributed by atoms with Crippen LogP contribution in [-0.2, 0) is 4.74 Å². The van der Waals surface area contributed by atoms with Crippen LogP contribution in [0.2, 0.25) is 0 Å². The molecule has 1 aromatic rings. The molecule has 0 aromatic carbocycles. The second-order valence-corrected chi connectivity index (χ2v) is 7.17. The Hall–Kier alpha value is 0.0300. The number of halogens is 2. The highest BCUT2D eigenvalue weighted by Crippen LogP contribution is 2.32. The average Bonchev–Trinajstić information content (AvgIpc) is 2.52. The summed E-state index contributed by atoms with van der Waals surface area (Å²) in [5.74, 6) is -0.00413. The van der Waals surface area contributed by atoms with E-state index in [-0.39, 0.29) is 12.4 Å². The highest BCUT2D eigenvalue weighted by Gasteiger charge is 2.13. The molecular weight excluding hydrogens is 356 g/mol. The summed E-state index contributed by atoms with van der Waals surface area (Å²) in [6.07, 6.45) is 0.793. The molecule has 5 heteroatoms. The van der Waals surface area contributed by atoms with Gasteiger partial charge in [0.2, 0.25) is 0 Å². The molecule has 0 atom stereocenters. The Bertz CT molecular complexity index is 399. The minimum Gasteiger partial charge on any atom is -0.373 e. The van der Waals surface area contributed by atoms with Crippen LogP contribution in [0.25, 0.3) is 0 Å². The zero-order valence-corrected chi connectivity index (χ0v) is 12.9. The van der Waals surface area contributed by atoms with Gasteiger partial charge in [0, 0.05) is 5.56 Å². The lowest BCUT2D eigenvalue weighted by molar-refractivity contribution is 0.0765. The maximum Gasteiger partial charge on any atom is 0.190 e. The van der Waals surface area contributed by atoms with Gasteiger partial charge >= 0.3 is 0 Å². The van der Waals surface area contributed by atoms with Crippen LogP contribution >= 0.6 is 43.2 Å². The molecule has 0 aliphatic rings. The van der Waals surface area contributed by atoms with E-state index in [0.29, 0.717) is 12.2 Å². The standard InChI is InChI=1S/C11H12Br2O2S/c1-7(2)3-4-15-6-9(14)8-5-10(12)16-11(8)13/h5H,1,3-4,6H2,2H3. The molecule has 0 saturated heterocycles. The van der Waals surface area contributed by atoms with Crippen LogP contribution in [0.5, 0.6) is 0 Å². The number of rotatable bonds is 6. The van der Waals surface area contributed by atoms with Crippen molar-refractivity contribution in [3.8, 4) is 0 Å². The van der Waals surface area contributed by atoms with Crippen molar-refractivity contribution in [2.45, 2.75) is 13.3 Å². The minimum atomic E-state index is -0.00413. The molecule has 0 unspecified atom stereocenters. The first kappa shape index (κ1) is 14.1. The fourth-order valence-electron chi connectivity index (χ4n) is 1.02. The fourth-order valence-corrected chi connectivity index (χ4v) is 3.88. The third kappa shape index (κ3) is 4.49. The predicted molar refractivity (Wildman–Crippen MR) is 74.3 cm³/mol. The van der Waals surface area contributed by atoms with Gasteiger partial charge < -0.3 is 4.74 Å². The smallest absolute Gasteiger partial charge is 0.190 e. The lowest BCUT2D eigenvalue weighted by Crippen LogP contribution is -2.09. The van der Waals surface area contributed by atoms with Crippen LogP contribution < -0.4 is 0 Å². The molecule has 0 fully saturated rings. The van der Waals surface area contributed by atoms with Crippen molar-refractivity contribution in [3.05, 3.63) is 31.4 Å². The Labute approximate surface area is 116 Å². The first-order chi connectivity index (χ1) is 7.50. The Morgan fingerprint density at radius 1 is 1.56 bits per heavy atom. The van der Waals surface area contributed by atoms with Crippen molar-refractivity contribution in [3.63, 3.8) is 0 Å². The number of thiophene rings is 1. The zero-order chi connectivity index (χ0) is 12.1. The molecule has 0 bridgehead atoms. The van der Waals surface area contributed by atoms with Gasteiger partial charge in [-0.1, -0.05) is 5.57 Å². The van der Waals surface area contributed by atoms with Gasteiger partial charge in [-0.3, -0.25) is 4.79 Å². The van der Waals surface area contributed by atoms with E-state index in [0.717, 1.165) is 19.6 Å². The molecule has 2 nitrogen and oxygen atoms in total. The van der Waals surface area contributed by atoms with E-state index in [1.807, 2.05) is 6.92 Å². The summed E-state index contributed by atoms with van der Waals surface area (Å²) in [6.45, 7) is 6.38. The normalized spacial score (nSPS) is 10.4. The van der Waals surface area contributed by atoms with Gasteiger partial charge in [-0.05, 0) is 51.3 Å². The third-order valence-electron chi connectivity index (χ3n) is 1.86. The van der Waals surface area contributed by atoms with E-state index in [9.17, 15) is 4.79 Å². The van der Waals surface area contributed by atoms with E-state index >= 15 is 0 Å². The van der Waals surface area contributed by atoms with Gasteiger partial charge in [-0.15, -0.1) is 17.9 Å². The van der Waals surface area contributed by atoms with Crippen LogP contribution in [-0.4, -0.2) is 19.0 Å². The van der Waals surface area contributed by atoms with Crippen LogP contribution in [0.4, 0.5) is 0 Å². The highest BCUT2D eigenvalue weighted by atomic mass is 79.9. The Morgan fingerprint density at radius 3 is 2.75 bits per heavy atom. The molecular formula is C11H12Br2O2S. The van der Waals surface area contributed by atoms with Crippen molar-refractivity contribution in [1.29, 1.82) is 0 Å². The van der Waals surface area contributed by atoms with Crippen LogP contribution in [0.3, 0.4) is 0 Å². The molecule has 1 aromatic heterocycles. The number of hydrogen-bond acceptors (Lipinski definition) is 3. The van der Waals surface area contributed by atoms with Gasteiger partial charge in [-0.25, -0.2) is 0 Å². The average molecular weight is 368 g/mol. The number of ketones is 1. The largest absolute Gasteiger partial charge is 0.373 e. The number of carbonyl (C=O) groups excluding carboxylic acids is 1. The van der Waals surface area contributed by atoms with E-state index in [4.69, 9.17) is 4.74 Å². The van der Waals surface area contributed by atoms with Crippen molar-refractivity contribution < 1.29 is 9.53 Å². The topological polar surface area (TPSA) is 26.3 Å². The summed E-state index contributed by atoms with van der Waals surface area (Å²) in [5, 5.41) is 0. The molecule has 88 valence electrons. The summed E-state index contributed by atoms with van der Waals surface area (Å²) < 4.78 is 7.06. The number of carbonyl (C=O) groups is 1. The van der Waals surface area contributed by atoms with E-state index in [1.54, 1.807) is 6.07 Å². The first-order valence-electron chi connectivity index (χ1n) is 4.71. The SMILES string of the molecule is C=C(C)CCOCC(=O)c1cc(Br)sc1Br. The van der Waals surface area contributed by atoms with Crippen LogP contribution in [0, 0.1) is 0 Å². The van der Waals surface area contributed by atoms with E-state index in [1.165, 1.54) is 11.3 Å². The van der Waals surface area contributed by atoms with Gasteiger partial charge in [-0.2, -0.15) is 0 Å². The third-order valence-corrected chi connectivity index (χ3v) is 4.20. The van der Waals surface area contributed by atoms with Gasteiger partial charge in [0.1, 0.15) is 6.61 Å². The molecule has 1 rings (SSSR count). The summed E-state index contributed by atoms with van der Waals surface area (Å²) in [5.41, 5.74) is 1.74. The predicted octanol–water partition coefficient (Wildman–Crippen LogP) is 4.44. The van der Waals surface area contributed by atoms with Crippen LogP contribution in [0.15, 0.2) is 25.8 Å². The number of Topliss-reactive ketones (excluding diaryl/α,β-unsaturated/α-hetero) is 1. The molecule has 0 aliphatic carbocycles. The molecule has 0 aliphatic heterocycles. The maximum absolute atomic E-state index is 11.7. The molecule has 1 heterocycles. The number of ether oxygens (including phenoxy) is 1. The minimum absolute atomic E-state index is 0.00413. The number of hydrogen-bond donors (Lipinski definition) is 0. The van der Waals surface area contributed by atoms with Crippen LogP contribution in [0.1, 0.15) is 23.7 Å². The van der Waals surface area contributed by atoms with Crippen molar-refractivity contribution >= 4 is 49.0 Å². The summed E-state index contributed by atoms with van der Waals surface area (Å²) >= 11 is 8.17. The lowest BCUT2D eigenvalue weighted by Gasteiger charge is -2.02. The molecule has 0 N–H and O–H groups in total. The summed E-state index contributed by atoms with van der Waals surface area (Å²) in [4.78, 5) is 11.7. The Morgan fingerprint density at radius 2 is 2.25 bits per heavy atom. The second-order valence-electron chi connectivity index (χ2n) is 3.42. The Balaban J connectivity index is 2.41. The summed E-state index contributed by atoms with van der Waals surface area (Å²) in [6, 6.07) is 1.80. The summed E-state index contributed by atoms with van der Waals surface area (Å²) in [7, 11) is 0. The molecule has 0 saturated carbocycles. The monoisotopic (exact) mass is 366 g/mol. The van der Waals surface area contributed by atoms with Gasteiger partial charge in [0.15, 0.2) is 5.78 Å². The van der Waals surface area contributed by atoms with Crippen molar-refractivity contribution in [2.75, 3.05) is 13.2 Å². The Kier molecular flexibility index (Phi) is 5.89. The molecule has 16 heavy (non-hydrogen) atoms. The van der Waals surface area contributed by atoms with Crippen molar-refractivity contribution in [1.82, 2.24) is 0 Å². The fraction of sp³-hybridized carbons (Fsp3) is 0.364.